The first-order valence-electron chi connectivity index (χ1n) is 8.76. The van der Waals surface area contributed by atoms with E-state index in [-0.39, 0.29) is 5.91 Å². The predicted molar refractivity (Wildman–Crippen MR) is 109 cm³/mol. The number of aromatic nitrogens is 3. The van der Waals surface area contributed by atoms with Gasteiger partial charge in [-0.3, -0.25) is 9.20 Å². The average Bonchev–Trinajstić information content (AvgIpc) is 3.14. The standard InChI is InChI=1S/C21H19N5O2/c1-14(27)24-15-7-9-16(10-8-15)25-20-21-23-13-18(26(21)12-11-22-20)17-5-3-4-6-19(17)28-2/h3-13H,1-2H3,(H,22,25)(H,24,27). The zero-order chi connectivity index (χ0) is 19.5. The van der Waals surface area contributed by atoms with E-state index < -0.39 is 0 Å². The molecule has 0 atom stereocenters. The zero-order valence-corrected chi connectivity index (χ0v) is 15.5. The summed E-state index contributed by atoms with van der Waals surface area (Å²) in [5.41, 5.74) is 4.16. The normalized spacial score (nSPS) is 10.6. The minimum Gasteiger partial charge on any atom is -0.496 e. The third-order valence-electron chi connectivity index (χ3n) is 4.28. The Kier molecular flexibility index (Phi) is 4.63. The summed E-state index contributed by atoms with van der Waals surface area (Å²) in [6.07, 6.45) is 5.40. The first kappa shape index (κ1) is 17.5. The largest absolute Gasteiger partial charge is 0.496 e. The molecule has 0 aliphatic heterocycles. The number of imidazole rings is 1. The summed E-state index contributed by atoms with van der Waals surface area (Å²) in [6.45, 7) is 1.48. The van der Waals surface area contributed by atoms with Crippen LogP contribution in [-0.4, -0.2) is 27.4 Å². The molecule has 4 aromatic rings. The maximum Gasteiger partial charge on any atom is 0.221 e. The van der Waals surface area contributed by atoms with Gasteiger partial charge in [0.2, 0.25) is 5.91 Å². The van der Waals surface area contributed by atoms with E-state index in [2.05, 4.69) is 20.6 Å². The van der Waals surface area contributed by atoms with Gasteiger partial charge in [-0.25, -0.2) is 9.97 Å². The van der Waals surface area contributed by atoms with Crippen molar-refractivity contribution in [3.05, 3.63) is 67.1 Å². The van der Waals surface area contributed by atoms with Gasteiger partial charge < -0.3 is 15.4 Å². The molecule has 7 heteroatoms. The van der Waals surface area contributed by atoms with Crippen LogP contribution in [0.3, 0.4) is 0 Å². The van der Waals surface area contributed by atoms with Gasteiger partial charge in [-0.05, 0) is 36.4 Å². The molecule has 2 aromatic carbocycles. The summed E-state index contributed by atoms with van der Waals surface area (Å²) in [7, 11) is 1.65. The SMILES string of the molecule is COc1ccccc1-c1cnc2c(Nc3ccc(NC(C)=O)cc3)nccn12. The van der Waals surface area contributed by atoms with Gasteiger partial charge >= 0.3 is 0 Å². The molecular formula is C21H19N5O2. The van der Waals surface area contributed by atoms with Crippen molar-refractivity contribution in [2.24, 2.45) is 0 Å². The smallest absolute Gasteiger partial charge is 0.221 e. The third-order valence-corrected chi connectivity index (χ3v) is 4.28. The number of para-hydroxylation sites is 1. The average molecular weight is 373 g/mol. The molecular weight excluding hydrogens is 354 g/mol. The minimum absolute atomic E-state index is 0.103. The number of methoxy groups -OCH3 is 1. The number of nitrogens with zero attached hydrogens (tertiary/aromatic N) is 3. The zero-order valence-electron chi connectivity index (χ0n) is 15.5. The maximum atomic E-state index is 11.1. The van der Waals surface area contributed by atoms with Gasteiger partial charge in [-0.1, -0.05) is 12.1 Å². The number of hydrogen-bond acceptors (Lipinski definition) is 5. The van der Waals surface area contributed by atoms with Crippen LogP contribution in [0.5, 0.6) is 5.75 Å². The van der Waals surface area contributed by atoms with Crippen molar-refractivity contribution in [3.8, 4) is 17.0 Å². The molecule has 2 N–H and O–H groups in total. The Morgan fingerprint density at radius 1 is 1.04 bits per heavy atom. The molecule has 7 nitrogen and oxygen atoms in total. The van der Waals surface area contributed by atoms with E-state index in [1.807, 2.05) is 59.1 Å². The summed E-state index contributed by atoms with van der Waals surface area (Å²) >= 11 is 0. The van der Waals surface area contributed by atoms with Gasteiger partial charge in [0.1, 0.15) is 5.75 Å². The first-order valence-corrected chi connectivity index (χ1v) is 8.76. The van der Waals surface area contributed by atoms with Crippen molar-refractivity contribution in [1.82, 2.24) is 14.4 Å². The molecule has 2 heterocycles. The molecule has 4 rings (SSSR count). The topological polar surface area (TPSA) is 80.5 Å². The van der Waals surface area contributed by atoms with Crippen molar-refractivity contribution in [2.45, 2.75) is 6.92 Å². The Balaban J connectivity index is 1.68. The monoisotopic (exact) mass is 373 g/mol. The molecule has 0 saturated carbocycles. The molecule has 0 aliphatic rings. The van der Waals surface area contributed by atoms with Crippen molar-refractivity contribution < 1.29 is 9.53 Å². The van der Waals surface area contributed by atoms with Gasteiger partial charge in [0.05, 0.1) is 19.0 Å². The van der Waals surface area contributed by atoms with Crippen LogP contribution in [0.2, 0.25) is 0 Å². The summed E-state index contributed by atoms with van der Waals surface area (Å²) in [5, 5.41) is 6.03. The molecule has 0 unspecified atom stereocenters. The van der Waals surface area contributed by atoms with E-state index >= 15 is 0 Å². The maximum absolute atomic E-state index is 11.1. The van der Waals surface area contributed by atoms with Crippen LogP contribution in [-0.2, 0) is 4.79 Å². The van der Waals surface area contributed by atoms with E-state index in [0.717, 1.165) is 28.4 Å². The van der Waals surface area contributed by atoms with Crippen molar-refractivity contribution in [1.29, 1.82) is 0 Å². The van der Waals surface area contributed by atoms with Crippen LogP contribution >= 0.6 is 0 Å². The van der Waals surface area contributed by atoms with Crippen LogP contribution in [0, 0.1) is 0 Å². The summed E-state index contributed by atoms with van der Waals surface area (Å²) < 4.78 is 7.45. The van der Waals surface area contributed by atoms with Crippen LogP contribution in [0.1, 0.15) is 6.92 Å². The van der Waals surface area contributed by atoms with E-state index in [4.69, 9.17) is 4.74 Å². The highest BCUT2D eigenvalue weighted by Crippen LogP contribution is 2.31. The van der Waals surface area contributed by atoms with E-state index in [9.17, 15) is 4.79 Å². The lowest BCUT2D eigenvalue weighted by Gasteiger charge is -2.10. The second kappa shape index (κ2) is 7.40. The Morgan fingerprint density at radius 2 is 1.79 bits per heavy atom. The molecule has 140 valence electrons. The number of benzene rings is 2. The number of carbonyl (C=O) groups is 1. The molecule has 0 bridgehead atoms. The lowest BCUT2D eigenvalue weighted by molar-refractivity contribution is -0.114. The highest BCUT2D eigenvalue weighted by Gasteiger charge is 2.13. The number of hydrogen-bond donors (Lipinski definition) is 2. The van der Waals surface area contributed by atoms with Crippen molar-refractivity contribution in [2.75, 3.05) is 17.7 Å². The van der Waals surface area contributed by atoms with Crippen LogP contribution in [0.25, 0.3) is 16.9 Å². The number of fused-ring (bicyclic) bond motifs is 1. The lowest BCUT2D eigenvalue weighted by Crippen LogP contribution is -2.05. The van der Waals surface area contributed by atoms with Crippen LogP contribution < -0.4 is 15.4 Å². The molecule has 28 heavy (non-hydrogen) atoms. The Hall–Kier alpha value is -3.87. The molecule has 0 radical (unpaired) electrons. The number of ether oxygens (including phenoxy) is 1. The first-order chi connectivity index (χ1) is 13.7. The molecule has 0 fully saturated rings. The second-order valence-electron chi connectivity index (χ2n) is 6.20. The molecule has 0 saturated heterocycles. The third kappa shape index (κ3) is 3.37. The van der Waals surface area contributed by atoms with Gasteiger partial charge in [0.25, 0.3) is 0 Å². The molecule has 1 amide bonds. The van der Waals surface area contributed by atoms with Gasteiger partial charge in [0, 0.05) is 36.3 Å². The van der Waals surface area contributed by atoms with E-state index in [1.165, 1.54) is 6.92 Å². The highest BCUT2D eigenvalue weighted by molar-refractivity contribution is 5.89. The summed E-state index contributed by atoms with van der Waals surface area (Å²) in [4.78, 5) is 20.1. The molecule has 2 aromatic heterocycles. The Labute approximate surface area is 162 Å². The number of carbonyl (C=O) groups excluding carboxylic acids is 1. The number of rotatable bonds is 5. The van der Waals surface area contributed by atoms with Gasteiger partial charge in [0.15, 0.2) is 11.5 Å². The Morgan fingerprint density at radius 3 is 2.54 bits per heavy atom. The fourth-order valence-corrected chi connectivity index (χ4v) is 3.04. The van der Waals surface area contributed by atoms with Crippen molar-refractivity contribution >= 4 is 28.7 Å². The fourth-order valence-electron chi connectivity index (χ4n) is 3.04. The van der Waals surface area contributed by atoms with Crippen LogP contribution in [0.4, 0.5) is 17.2 Å². The minimum atomic E-state index is -0.103. The molecule has 0 aliphatic carbocycles. The lowest BCUT2D eigenvalue weighted by atomic mass is 10.1. The number of anilines is 3. The number of nitrogens with one attached hydrogen (secondary N) is 2. The quantitative estimate of drug-likeness (QED) is 0.550. The molecule has 0 spiro atoms. The highest BCUT2D eigenvalue weighted by atomic mass is 16.5. The predicted octanol–water partition coefficient (Wildman–Crippen LogP) is 4.11. The summed E-state index contributed by atoms with van der Waals surface area (Å²) in [6, 6.07) is 15.2. The number of amides is 1. The second-order valence-corrected chi connectivity index (χ2v) is 6.20. The van der Waals surface area contributed by atoms with Crippen LogP contribution in [0.15, 0.2) is 67.1 Å². The summed E-state index contributed by atoms with van der Waals surface area (Å²) in [5.74, 6) is 1.31. The van der Waals surface area contributed by atoms with E-state index in [1.54, 1.807) is 19.5 Å². The van der Waals surface area contributed by atoms with Gasteiger partial charge in [-0.15, -0.1) is 0 Å². The van der Waals surface area contributed by atoms with E-state index in [0.29, 0.717) is 11.5 Å². The van der Waals surface area contributed by atoms with Crippen molar-refractivity contribution in [3.63, 3.8) is 0 Å². The van der Waals surface area contributed by atoms with Gasteiger partial charge in [-0.2, -0.15) is 0 Å². The Bertz CT molecular complexity index is 1140. The fraction of sp³-hybridized carbons (Fsp3) is 0.0952.